The molecule has 0 amide bonds. The SMILES string of the molecule is CN(CCCCl)c1ccc([N+](=O)[O-])cc1. The first-order valence-electron chi connectivity index (χ1n) is 4.66. The number of nitro benzene ring substituents is 1. The molecule has 0 radical (unpaired) electrons. The molecule has 0 fully saturated rings. The third-order valence-corrected chi connectivity index (χ3v) is 2.40. The molecule has 0 aliphatic carbocycles. The molecule has 0 saturated carbocycles. The fourth-order valence-electron chi connectivity index (χ4n) is 1.25. The highest BCUT2D eigenvalue weighted by Gasteiger charge is 2.05. The average Bonchev–Trinajstić information content (AvgIpc) is 2.26. The van der Waals surface area contributed by atoms with Crippen molar-refractivity contribution in [2.45, 2.75) is 6.42 Å². The number of hydrogen-bond acceptors (Lipinski definition) is 3. The number of nitrogens with zero attached hydrogens (tertiary/aromatic N) is 2. The molecule has 4 nitrogen and oxygen atoms in total. The number of non-ortho nitro benzene ring substituents is 1. The van der Waals surface area contributed by atoms with Gasteiger partial charge in [-0.05, 0) is 18.6 Å². The zero-order chi connectivity index (χ0) is 11.3. The molecule has 0 spiro atoms. The van der Waals surface area contributed by atoms with Crippen molar-refractivity contribution in [2.75, 3.05) is 24.4 Å². The summed E-state index contributed by atoms with van der Waals surface area (Å²) >= 11 is 5.58. The molecular formula is C10H13ClN2O2. The van der Waals surface area contributed by atoms with Crippen molar-refractivity contribution < 1.29 is 4.92 Å². The van der Waals surface area contributed by atoms with Crippen LogP contribution in [0.4, 0.5) is 11.4 Å². The molecule has 1 aromatic carbocycles. The highest BCUT2D eigenvalue weighted by atomic mass is 35.5. The van der Waals surface area contributed by atoms with E-state index in [-0.39, 0.29) is 5.69 Å². The van der Waals surface area contributed by atoms with E-state index in [4.69, 9.17) is 11.6 Å². The maximum Gasteiger partial charge on any atom is 0.269 e. The van der Waals surface area contributed by atoms with Gasteiger partial charge in [-0.1, -0.05) is 0 Å². The number of nitro groups is 1. The average molecular weight is 229 g/mol. The smallest absolute Gasteiger partial charge is 0.269 e. The van der Waals surface area contributed by atoms with Crippen LogP contribution in [0.3, 0.4) is 0 Å². The number of rotatable bonds is 5. The first-order valence-corrected chi connectivity index (χ1v) is 5.20. The van der Waals surface area contributed by atoms with Crippen LogP contribution in [-0.2, 0) is 0 Å². The zero-order valence-corrected chi connectivity index (χ0v) is 9.28. The monoisotopic (exact) mass is 228 g/mol. The number of benzene rings is 1. The molecule has 0 aromatic heterocycles. The van der Waals surface area contributed by atoms with Gasteiger partial charge in [0, 0.05) is 37.3 Å². The Morgan fingerprint density at radius 1 is 1.40 bits per heavy atom. The second-order valence-electron chi connectivity index (χ2n) is 3.24. The van der Waals surface area contributed by atoms with E-state index in [1.165, 1.54) is 12.1 Å². The number of anilines is 1. The van der Waals surface area contributed by atoms with Gasteiger partial charge in [-0.25, -0.2) is 0 Å². The first kappa shape index (κ1) is 11.8. The minimum absolute atomic E-state index is 0.115. The van der Waals surface area contributed by atoms with Crippen LogP contribution >= 0.6 is 11.6 Å². The highest BCUT2D eigenvalue weighted by molar-refractivity contribution is 6.17. The summed E-state index contributed by atoms with van der Waals surface area (Å²) in [6, 6.07) is 6.50. The van der Waals surface area contributed by atoms with E-state index in [0.29, 0.717) is 5.88 Å². The Balaban J connectivity index is 2.66. The molecular weight excluding hydrogens is 216 g/mol. The molecule has 0 aliphatic rings. The van der Waals surface area contributed by atoms with Crippen molar-refractivity contribution in [3.05, 3.63) is 34.4 Å². The Labute approximate surface area is 93.6 Å². The van der Waals surface area contributed by atoms with E-state index in [1.54, 1.807) is 12.1 Å². The first-order chi connectivity index (χ1) is 7.15. The van der Waals surface area contributed by atoms with Crippen LogP contribution in [0.15, 0.2) is 24.3 Å². The molecule has 0 aliphatic heterocycles. The maximum atomic E-state index is 10.4. The molecule has 0 heterocycles. The molecule has 0 bridgehead atoms. The molecule has 0 atom stereocenters. The molecule has 15 heavy (non-hydrogen) atoms. The number of halogens is 1. The molecule has 82 valence electrons. The lowest BCUT2D eigenvalue weighted by atomic mass is 10.2. The summed E-state index contributed by atoms with van der Waals surface area (Å²) in [5.74, 6) is 0.622. The molecule has 5 heteroatoms. The van der Waals surface area contributed by atoms with Gasteiger partial charge in [-0.3, -0.25) is 10.1 Å². The third kappa shape index (κ3) is 3.40. The van der Waals surface area contributed by atoms with Gasteiger partial charge in [0.25, 0.3) is 5.69 Å². The van der Waals surface area contributed by atoms with E-state index in [1.807, 2.05) is 11.9 Å². The highest BCUT2D eigenvalue weighted by Crippen LogP contribution is 2.18. The van der Waals surface area contributed by atoms with Crippen LogP contribution < -0.4 is 4.90 Å². The van der Waals surface area contributed by atoms with Gasteiger partial charge in [-0.2, -0.15) is 0 Å². The van der Waals surface area contributed by atoms with E-state index >= 15 is 0 Å². The van der Waals surface area contributed by atoms with Gasteiger partial charge < -0.3 is 4.90 Å². The van der Waals surface area contributed by atoms with E-state index in [2.05, 4.69) is 0 Å². The molecule has 1 aromatic rings. The Morgan fingerprint density at radius 2 is 2.00 bits per heavy atom. The lowest BCUT2D eigenvalue weighted by Gasteiger charge is -2.18. The predicted molar refractivity (Wildman–Crippen MR) is 61.7 cm³/mol. The van der Waals surface area contributed by atoms with Gasteiger partial charge >= 0.3 is 0 Å². The van der Waals surface area contributed by atoms with Gasteiger partial charge in [0.15, 0.2) is 0 Å². The number of hydrogen-bond donors (Lipinski definition) is 0. The lowest BCUT2D eigenvalue weighted by molar-refractivity contribution is -0.384. The van der Waals surface area contributed by atoms with Gasteiger partial charge in [-0.15, -0.1) is 11.6 Å². The normalized spacial score (nSPS) is 10.0. The molecule has 0 N–H and O–H groups in total. The quantitative estimate of drug-likeness (QED) is 0.442. The van der Waals surface area contributed by atoms with Crippen LogP contribution in [0, 0.1) is 10.1 Å². The largest absolute Gasteiger partial charge is 0.375 e. The Kier molecular flexibility index (Phi) is 4.37. The second kappa shape index (κ2) is 5.56. The van der Waals surface area contributed by atoms with Gasteiger partial charge in [0.2, 0.25) is 0 Å². The second-order valence-corrected chi connectivity index (χ2v) is 3.62. The fraction of sp³-hybridized carbons (Fsp3) is 0.400. The zero-order valence-electron chi connectivity index (χ0n) is 8.52. The van der Waals surface area contributed by atoms with Crippen LogP contribution in [0.1, 0.15) is 6.42 Å². The standard InChI is InChI=1S/C10H13ClN2O2/c1-12(8-2-7-11)9-3-5-10(6-4-9)13(14)15/h3-6H,2,7-8H2,1H3. The molecule has 1 rings (SSSR count). The van der Waals surface area contributed by atoms with Crippen LogP contribution in [-0.4, -0.2) is 24.4 Å². The van der Waals surface area contributed by atoms with Crippen LogP contribution in [0.5, 0.6) is 0 Å². The summed E-state index contributed by atoms with van der Waals surface area (Å²) in [7, 11) is 1.94. The summed E-state index contributed by atoms with van der Waals surface area (Å²) in [6.07, 6.45) is 0.898. The van der Waals surface area contributed by atoms with Gasteiger partial charge in [0.1, 0.15) is 0 Å². The van der Waals surface area contributed by atoms with E-state index in [0.717, 1.165) is 18.7 Å². The van der Waals surface area contributed by atoms with Crippen molar-refractivity contribution in [1.82, 2.24) is 0 Å². The Bertz CT molecular complexity index is 327. The third-order valence-electron chi connectivity index (χ3n) is 2.13. The topological polar surface area (TPSA) is 46.4 Å². The number of alkyl halides is 1. The van der Waals surface area contributed by atoms with Crippen LogP contribution in [0.2, 0.25) is 0 Å². The molecule has 0 saturated heterocycles. The summed E-state index contributed by atoms with van der Waals surface area (Å²) in [6.45, 7) is 0.849. The summed E-state index contributed by atoms with van der Waals surface area (Å²) in [4.78, 5) is 12.0. The minimum Gasteiger partial charge on any atom is -0.375 e. The summed E-state index contributed by atoms with van der Waals surface area (Å²) < 4.78 is 0. The van der Waals surface area contributed by atoms with Crippen molar-refractivity contribution in [3.8, 4) is 0 Å². The Hall–Kier alpha value is -1.29. The Morgan fingerprint density at radius 3 is 2.47 bits per heavy atom. The van der Waals surface area contributed by atoms with Crippen molar-refractivity contribution >= 4 is 23.0 Å². The van der Waals surface area contributed by atoms with Crippen molar-refractivity contribution in [1.29, 1.82) is 0 Å². The van der Waals surface area contributed by atoms with Crippen molar-refractivity contribution in [3.63, 3.8) is 0 Å². The summed E-state index contributed by atoms with van der Waals surface area (Å²) in [5.41, 5.74) is 1.08. The van der Waals surface area contributed by atoms with Gasteiger partial charge in [0.05, 0.1) is 4.92 Å². The van der Waals surface area contributed by atoms with E-state index in [9.17, 15) is 10.1 Å². The lowest BCUT2D eigenvalue weighted by Crippen LogP contribution is -2.18. The minimum atomic E-state index is -0.400. The maximum absolute atomic E-state index is 10.4. The predicted octanol–water partition coefficient (Wildman–Crippen LogP) is 2.66. The van der Waals surface area contributed by atoms with Crippen LogP contribution in [0.25, 0.3) is 0 Å². The molecule has 0 unspecified atom stereocenters. The summed E-state index contributed by atoms with van der Waals surface area (Å²) in [5, 5.41) is 10.4. The van der Waals surface area contributed by atoms with E-state index < -0.39 is 4.92 Å². The fourth-order valence-corrected chi connectivity index (χ4v) is 1.37. The van der Waals surface area contributed by atoms with Crippen molar-refractivity contribution in [2.24, 2.45) is 0 Å².